The van der Waals surface area contributed by atoms with Crippen molar-refractivity contribution in [2.75, 3.05) is 6.54 Å². The molecule has 2 aliphatic heterocycles. The highest BCUT2D eigenvalue weighted by Gasteiger charge is 2.33. The van der Waals surface area contributed by atoms with Gasteiger partial charge in [0.05, 0.1) is 13.1 Å². The van der Waals surface area contributed by atoms with Crippen LogP contribution in [0.4, 0.5) is 0 Å². The summed E-state index contributed by atoms with van der Waals surface area (Å²) >= 11 is 0. The van der Waals surface area contributed by atoms with Crippen molar-refractivity contribution < 1.29 is 19.2 Å². The Morgan fingerprint density at radius 3 is 1.75 bits per heavy atom. The molecular weight excluding hydrogens is 212 g/mol. The summed E-state index contributed by atoms with van der Waals surface area (Å²) < 4.78 is 0. The molecule has 0 aromatic carbocycles. The predicted octanol–water partition coefficient (Wildman–Crippen LogP) is -0.554. The highest BCUT2D eigenvalue weighted by atomic mass is 16.2. The zero-order chi connectivity index (χ0) is 11.7. The van der Waals surface area contributed by atoms with Gasteiger partial charge in [-0.2, -0.15) is 0 Å². The molecule has 0 N–H and O–H groups in total. The average Bonchev–Trinajstić information content (AvgIpc) is 2.72. The van der Waals surface area contributed by atoms with Crippen LogP contribution in [0.25, 0.3) is 0 Å². The minimum Gasteiger partial charge on any atom is -0.280 e. The van der Waals surface area contributed by atoms with Gasteiger partial charge in [-0.1, -0.05) is 0 Å². The molecule has 0 unspecified atom stereocenters. The lowest BCUT2D eigenvalue weighted by Crippen LogP contribution is -2.36. The number of hydrogen-bond acceptors (Lipinski definition) is 4. The number of likely N-dealkylation sites (tertiary alicyclic amines) is 2. The third-order valence-electron chi connectivity index (χ3n) is 2.69. The van der Waals surface area contributed by atoms with Crippen molar-refractivity contribution >= 4 is 23.6 Å². The Hall–Kier alpha value is -1.72. The van der Waals surface area contributed by atoms with Gasteiger partial charge in [0, 0.05) is 25.7 Å². The monoisotopic (exact) mass is 223 g/mol. The van der Waals surface area contributed by atoms with Gasteiger partial charge in [0.1, 0.15) is 0 Å². The maximum atomic E-state index is 11.2. The molecule has 0 aliphatic carbocycles. The Kier molecular flexibility index (Phi) is 2.72. The van der Waals surface area contributed by atoms with Gasteiger partial charge < -0.3 is 0 Å². The third-order valence-corrected chi connectivity index (χ3v) is 2.69. The molecule has 85 valence electrons. The molecule has 2 fully saturated rings. The minimum absolute atomic E-state index is 0.00907. The lowest BCUT2D eigenvalue weighted by Gasteiger charge is -2.17. The fourth-order valence-corrected chi connectivity index (χ4v) is 1.79. The van der Waals surface area contributed by atoms with Crippen molar-refractivity contribution in [1.82, 2.24) is 9.80 Å². The van der Waals surface area contributed by atoms with E-state index in [0.717, 1.165) is 9.80 Å². The van der Waals surface area contributed by atoms with Crippen LogP contribution >= 0.6 is 0 Å². The summed E-state index contributed by atoms with van der Waals surface area (Å²) in [4.78, 5) is 47.0. The maximum absolute atomic E-state index is 11.2. The molecule has 16 heavy (non-hydrogen) atoms. The highest BCUT2D eigenvalue weighted by molar-refractivity contribution is 6.04. The second-order valence-corrected chi connectivity index (χ2v) is 3.74. The molecule has 1 radical (unpaired) electrons. The fourth-order valence-electron chi connectivity index (χ4n) is 1.79. The topological polar surface area (TPSA) is 74.8 Å². The van der Waals surface area contributed by atoms with Crippen LogP contribution in [0.3, 0.4) is 0 Å². The van der Waals surface area contributed by atoms with Crippen LogP contribution in [-0.4, -0.2) is 40.0 Å². The summed E-state index contributed by atoms with van der Waals surface area (Å²) in [7, 11) is 0. The zero-order valence-corrected chi connectivity index (χ0v) is 8.64. The van der Waals surface area contributed by atoms with Crippen LogP contribution in [0.5, 0.6) is 0 Å². The van der Waals surface area contributed by atoms with Crippen molar-refractivity contribution in [2.45, 2.75) is 25.7 Å². The molecule has 0 aromatic heterocycles. The number of rotatable bonds is 3. The smallest absolute Gasteiger partial charge is 0.230 e. The number of amides is 4. The Labute approximate surface area is 92.2 Å². The van der Waals surface area contributed by atoms with E-state index in [1.807, 2.05) is 0 Å². The van der Waals surface area contributed by atoms with E-state index in [-0.39, 0.29) is 55.9 Å². The second kappa shape index (κ2) is 4.03. The molecular formula is C10H11N2O4. The standard InChI is InChI=1S/C10H11N2O4/c13-7-1-2-8(14)11(7)5-6-12-9(15)3-4-10(12)16/h5H,1-4,6H2. The molecule has 6 nitrogen and oxygen atoms in total. The molecule has 2 rings (SSSR count). The van der Waals surface area contributed by atoms with E-state index < -0.39 is 0 Å². The molecule has 0 atom stereocenters. The SMILES string of the molecule is O=C1CCC(=O)N1[CH]CN1C(=O)CCC1=O. The van der Waals surface area contributed by atoms with Crippen LogP contribution in [0, 0.1) is 6.54 Å². The normalized spacial score (nSPS) is 21.5. The Morgan fingerprint density at radius 1 is 0.812 bits per heavy atom. The number of carbonyl (C=O) groups is 4. The summed E-state index contributed by atoms with van der Waals surface area (Å²) in [5.74, 6) is -1.05. The van der Waals surface area contributed by atoms with Gasteiger partial charge in [0.2, 0.25) is 23.6 Å². The third kappa shape index (κ3) is 1.82. The molecule has 2 saturated heterocycles. The first kappa shape index (κ1) is 10.8. The lowest BCUT2D eigenvalue weighted by molar-refractivity contribution is -0.141. The van der Waals surface area contributed by atoms with Crippen molar-refractivity contribution in [3.8, 4) is 0 Å². The maximum Gasteiger partial charge on any atom is 0.230 e. The lowest BCUT2D eigenvalue weighted by atomic mass is 10.4. The predicted molar refractivity (Wildman–Crippen MR) is 51.3 cm³/mol. The number of carbonyl (C=O) groups excluding carboxylic acids is 4. The summed E-state index contributed by atoms with van der Waals surface area (Å²) in [6.07, 6.45) is 0.845. The minimum atomic E-state index is -0.274. The quantitative estimate of drug-likeness (QED) is 0.601. The largest absolute Gasteiger partial charge is 0.280 e. The zero-order valence-electron chi connectivity index (χ0n) is 8.64. The first-order chi connectivity index (χ1) is 7.59. The fraction of sp³-hybridized carbons (Fsp3) is 0.500. The summed E-state index contributed by atoms with van der Waals surface area (Å²) in [6, 6.07) is 0. The molecule has 2 heterocycles. The van der Waals surface area contributed by atoms with Crippen molar-refractivity contribution in [2.24, 2.45) is 0 Å². The van der Waals surface area contributed by atoms with Crippen molar-refractivity contribution in [1.29, 1.82) is 0 Å². The van der Waals surface area contributed by atoms with Crippen LogP contribution in [-0.2, 0) is 19.2 Å². The number of imide groups is 2. The Bertz CT molecular complexity index is 309. The Morgan fingerprint density at radius 2 is 1.25 bits per heavy atom. The van der Waals surface area contributed by atoms with E-state index in [1.165, 1.54) is 6.54 Å². The van der Waals surface area contributed by atoms with Crippen LogP contribution < -0.4 is 0 Å². The molecule has 0 spiro atoms. The van der Waals surface area contributed by atoms with Crippen molar-refractivity contribution in [3.63, 3.8) is 0 Å². The van der Waals surface area contributed by atoms with E-state index in [9.17, 15) is 19.2 Å². The Balaban J connectivity index is 1.92. The van der Waals surface area contributed by atoms with Gasteiger partial charge in [0.15, 0.2) is 0 Å². The van der Waals surface area contributed by atoms with Crippen LogP contribution in [0.1, 0.15) is 25.7 Å². The van der Waals surface area contributed by atoms with E-state index in [2.05, 4.69) is 0 Å². The molecule has 2 aliphatic rings. The molecule has 0 bridgehead atoms. The van der Waals surface area contributed by atoms with Crippen LogP contribution in [0.2, 0.25) is 0 Å². The molecule has 6 heteroatoms. The van der Waals surface area contributed by atoms with E-state index in [4.69, 9.17) is 0 Å². The van der Waals surface area contributed by atoms with Crippen molar-refractivity contribution in [3.05, 3.63) is 6.54 Å². The second-order valence-electron chi connectivity index (χ2n) is 3.74. The summed E-state index contributed by atoms with van der Waals surface area (Å²) in [6.45, 7) is 1.33. The number of hydrogen-bond donors (Lipinski definition) is 0. The van der Waals surface area contributed by atoms with E-state index in [1.54, 1.807) is 0 Å². The first-order valence-electron chi connectivity index (χ1n) is 5.11. The highest BCUT2D eigenvalue weighted by Crippen LogP contribution is 2.16. The van der Waals surface area contributed by atoms with Gasteiger partial charge in [-0.25, -0.2) is 0 Å². The van der Waals surface area contributed by atoms with Gasteiger partial charge in [0.25, 0.3) is 0 Å². The van der Waals surface area contributed by atoms with Gasteiger partial charge in [-0.15, -0.1) is 0 Å². The van der Waals surface area contributed by atoms with Crippen LogP contribution in [0.15, 0.2) is 0 Å². The molecule has 4 amide bonds. The average molecular weight is 223 g/mol. The van der Waals surface area contributed by atoms with Gasteiger partial charge in [-0.3, -0.25) is 29.0 Å². The van der Waals surface area contributed by atoms with E-state index in [0.29, 0.717) is 0 Å². The summed E-state index contributed by atoms with van der Waals surface area (Å²) in [5.41, 5.74) is 0. The first-order valence-corrected chi connectivity index (χ1v) is 5.11. The molecule has 0 aromatic rings. The van der Waals surface area contributed by atoms with E-state index >= 15 is 0 Å². The van der Waals surface area contributed by atoms with Gasteiger partial charge in [-0.05, 0) is 0 Å². The molecule has 0 saturated carbocycles. The summed E-state index contributed by atoms with van der Waals surface area (Å²) in [5, 5.41) is 0. The number of nitrogens with zero attached hydrogens (tertiary/aromatic N) is 2. The van der Waals surface area contributed by atoms with Gasteiger partial charge >= 0.3 is 0 Å².